The fourth-order valence-electron chi connectivity index (χ4n) is 1.82. The first-order valence-electron chi connectivity index (χ1n) is 5.71. The Morgan fingerprint density at radius 1 is 1.05 bits per heavy atom. The number of pyridine rings is 1. The molecule has 0 saturated carbocycles. The number of hydrogen-bond acceptors (Lipinski definition) is 3. The SMILES string of the molecule is Oc1cc(-c2ccccc2I)nn1-c1ccccn1. The first-order chi connectivity index (χ1) is 9.25. The molecule has 0 radical (unpaired) electrons. The van der Waals surface area contributed by atoms with Crippen LogP contribution in [0.25, 0.3) is 17.1 Å². The largest absolute Gasteiger partial charge is 0.493 e. The Kier molecular flexibility index (Phi) is 3.20. The van der Waals surface area contributed by atoms with Gasteiger partial charge in [-0.1, -0.05) is 24.3 Å². The zero-order valence-corrected chi connectivity index (χ0v) is 12.0. The molecule has 5 heteroatoms. The van der Waals surface area contributed by atoms with Crippen molar-refractivity contribution in [1.82, 2.24) is 14.8 Å². The molecule has 0 unspecified atom stereocenters. The van der Waals surface area contributed by atoms with Crippen LogP contribution in [0.3, 0.4) is 0 Å². The monoisotopic (exact) mass is 363 g/mol. The molecule has 19 heavy (non-hydrogen) atoms. The summed E-state index contributed by atoms with van der Waals surface area (Å²) in [5.41, 5.74) is 1.72. The van der Waals surface area contributed by atoms with Crippen LogP contribution in [0.5, 0.6) is 5.88 Å². The van der Waals surface area contributed by atoms with E-state index in [-0.39, 0.29) is 5.88 Å². The van der Waals surface area contributed by atoms with Crippen LogP contribution in [0.4, 0.5) is 0 Å². The van der Waals surface area contributed by atoms with Gasteiger partial charge in [-0.05, 0) is 40.8 Å². The van der Waals surface area contributed by atoms with E-state index in [2.05, 4.69) is 32.7 Å². The average Bonchev–Trinajstić information content (AvgIpc) is 2.82. The van der Waals surface area contributed by atoms with Crippen LogP contribution >= 0.6 is 22.6 Å². The van der Waals surface area contributed by atoms with Crippen molar-refractivity contribution in [2.45, 2.75) is 0 Å². The Labute approximate surface area is 123 Å². The number of halogens is 1. The van der Waals surface area contributed by atoms with Crippen molar-refractivity contribution in [2.24, 2.45) is 0 Å². The summed E-state index contributed by atoms with van der Waals surface area (Å²) in [7, 11) is 0. The van der Waals surface area contributed by atoms with Gasteiger partial charge in [0.2, 0.25) is 5.88 Å². The Morgan fingerprint density at radius 3 is 2.58 bits per heavy atom. The van der Waals surface area contributed by atoms with Gasteiger partial charge in [-0.15, -0.1) is 0 Å². The molecular weight excluding hydrogens is 353 g/mol. The molecule has 0 aliphatic rings. The van der Waals surface area contributed by atoms with Gasteiger partial charge in [-0.25, -0.2) is 4.98 Å². The number of aromatic hydroxyl groups is 1. The van der Waals surface area contributed by atoms with Gasteiger partial charge in [0.25, 0.3) is 0 Å². The highest BCUT2D eigenvalue weighted by molar-refractivity contribution is 14.1. The van der Waals surface area contributed by atoms with E-state index in [1.54, 1.807) is 18.3 Å². The van der Waals surface area contributed by atoms with Crippen LogP contribution in [0, 0.1) is 3.57 Å². The third-order valence-electron chi connectivity index (χ3n) is 2.71. The molecule has 0 aliphatic carbocycles. The smallest absolute Gasteiger partial charge is 0.216 e. The standard InChI is InChI=1S/C14H10IN3O/c15-11-6-2-1-5-10(11)12-9-14(19)18(17-12)13-7-3-4-8-16-13/h1-9,19H. The van der Waals surface area contributed by atoms with E-state index in [1.807, 2.05) is 36.4 Å². The van der Waals surface area contributed by atoms with Crippen molar-refractivity contribution < 1.29 is 5.11 Å². The summed E-state index contributed by atoms with van der Waals surface area (Å²) >= 11 is 2.25. The van der Waals surface area contributed by atoms with Crippen LogP contribution in [-0.4, -0.2) is 19.9 Å². The molecule has 0 aliphatic heterocycles. The van der Waals surface area contributed by atoms with Gasteiger partial charge < -0.3 is 5.11 Å². The zero-order chi connectivity index (χ0) is 13.2. The van der Waals surface area contributed by atoms with E-state index in [9.17, 15) is 5.11 Å². The third kappa shape index (κ3) is 2.33. The van der Waals surface area contributed by atoms with Gasteiger partial charge in [0.05, 0.1) is 5.69 Å². The number of benzene rings is 1. The Balaban J connectivity index is 2.10. The quantitative estimate of drug-likeness (QED) is 0.712. The Morgan fingerprint density at radius 2 is 1.84 bits per heavy atom. The molecule has 0 fully saturated rings. The van der Waals surface area contributed by atoms with Gasteiger partial charge in [-0.2, -0.15) is 9.78 Å². The minimum absolute atomic E-state index is 0.0772. The second-order valence-corrected chi connectivity index (χ2v) is 5.13. The number of rotatable bonds is 2. The predicted molar refractivity (Wildman–Crippen MR) is 81.2 cm³/mol. The second-order valence-electron chi connectivity index (χ2n) is 3.97. The molecule has 0 atom stereocenters. The van der Waals surface area contributed by atoms with Gasteiger partial charge in [0, 0.05) is 21.4 Å². The van der Waals surface area contributed by atoms with Gasteiger partial charge in [-0.3, -0.25) is 0 Å². The zero-order valence-electron chi connectivity index (χ0n) is 9.86. The lowest BCUT2D eigenvalue weighted by molar-refractivity contribution is 0.432. The number of aromatic nitrogens is 3. The molecule has 0 bridgehead atoms. The molecule has 0 saturated heterocycles. The lowest BCUT2D eigenvalue weighted by Gasteiger charge is -2.01. The lowest BCUT2D eigenvalue weighted by atomic mass is 10.2. The fraction of sp³-hybridized carbons (Fsp3) is 0. The minimum Gasteiger partial charge on any atom is -0.493 e. The van der Waals surface area contributed by atoms with E-state index in [4.69, 9.17) is 0 Å². The highest BCUT2D eigenvalue weighted by atomic mass is 127. The summed E-state index contributed by atoms with van der Waals surface area (Å²) in [6.07, 6.45) is 1.67. The molecule has 94 valence electrons. The summed E-state index contributed by atoms with van der Waals surface area (Å²) in [5.74, 6) is 0.672. The van der Waals surface area contributed by atoms with Crippen LogP contribution in [-0.2, 0) is 0 Å². The molecule has 0 amide bonds. The first-order valence-corrected chi connectivity index (χ1v) is 6.79. The Hall–Kier alpha value is -1.89. The lowest BCUT2D eigenvalue weighted by Crippen LogP contribution is -1.98. The van der Waals surface area contributed by atoms with Crippen molar-refractivity contribution in [3.8, 4) is 23.0 Å². The van der Waals surface area contributed by atoms with Gasteiger partial charge in [0.1, 0.15) is 0 Å². The van der Waals surface area contributed by atoms with Crippen molar-refractivity contribution in [3.63, 3.8) is 0 Å². The van der Waals surface area contributed by atoms with Crippen molar-refractivity contribution in [1.29, 1.82) is 0 Å². The molecule has 3 aromatic rings. The molecule has 1 N–H and O–H groups in total. The topological polar surface area (TPSA) is 50.9 Å². The van der Waals surface area contributed by atoms with E-state index < -0.39 is 0 Å². The number of hydrogen-bond donors (Lipinski definition) is 1. The van der Waals surface area contributed by atoms with E-state index in [0.29, 0.717) is 5.82 Å². The summed E-state index contributed by atoms with van der Waals surface area (Å²) in [4.78, 5) is 4.18. The van der Waals surface area contributed by atoms with E-state index >= 15 is 0 Å². The maximum atomic E-state index is 10.00. The normalized spacial score (nSPS) is 10.6. The van der Waals surface area contributed by atoms with Crippen LogP contribution < -0.4 is 0 Å². The highest BCUT2D eigenvalue weighted by Crippen LogP contribution is 2.27. The molecule has 3 rings (SSSR count). The summed E-state index contributed by atoms with van der Waals surface area (Å²) < 4.78 is 2.52. The highest BCUT2D eigenvalue weighted by Gasteiger charge is 2.12. The summed E-state index contributed by atoms with van der Waals surface area (Å²) in [6.45, 7) is 0. The third-order valence-corrected chi connectivity index (χ3v) is 3.65. The van der Waals surface area contributed by atoms with E-state index in [1.165, 1.54) is 4.68 Å². The van der Waals surface area contributed by atoms with E-state index in [0.717, 1.165) is 14.8 Å². The molecule has 2 heterocycles. The fourth-order valence-corrected chi connectivity index (χ4v) is 2.48. The maximum Gasteiger partial charge on any atom is 0.216 e. The van der Waals surface area contributed by atoms with Crippen molar-refractivity contribution in [3.05, 3.63) is 58.3 Å². The van der Waals surface area contributed by atoms with Gasteiger partial charge in [0.15, 0.2) is 5.82 Å². The second kappa shape index (κ2) is 5.00. The van der Waals surface area contributed by atoms with Crippen LogP contribution in [0.15, 0.2) is 54.7 Å². The summed E-state index contributed by atoms with van der Waals surface area (Å²) in [6, 6.07) is 15.0. The van der Waals surface area contributed by atoms with Crippen LogP contribution in [0.2, 0.25) is 0 Å². The van der Waals surface area contributed by atoms with Gasteiger partial charge >= 0.3 is 0 Å². The maximum absolute atomic E-state index is 10.00. The van der Waals surface area contributed by atoms with Crippen molar-refractivity contribution >= 4 is 22.6 Å². The molecule has 2 aromatic heterocycles. The predicted octanol–water partition coefficient (Wildman–Crippen LogP) is 3.24. The summed E-state index contributed by atoms with van der Waals surface area (Å²) in [5, 5.41) is 14.4. The molecule has 0 spiro atoms. The molecule has 4 nitrogen and oxygen atoms in total. The molecule has 1 aromatic carbocycles. The van der Waals surface area contributed by atoms with Crippen molar-refractivity contribution in [2.75, 3.05) is 0 Å². The minimum atomic E-state index is 0.0772. The number of nitrogens with zero attached hydrogens (tertiary/aromatic N) is 3. The van der Waals surface area contributed by atoms with Crippen LogP contribution in [0.1, 0.15) is 0 Å². The first kappa shape index (κ1) is 12.2. The Bertz CT molecular complexity index is 710. The average molecular weight is 363 g/mol. The molecular formula is C14H10IN3O.